The number of hydrogen-bond donors (Lipinski definition) is 1. The summed E-state index contributed by atoms with van der Waals surface area (Å²) in [6, 6.07) is 14.8. The number of hydrogen-bond acceptors (Lipinski definition) is 6. The number of benzene rings is 2. The van der Waals surface area contributed by atoms with Gasteiger partial charge >= 0.3 is 0 Å². The highest BCUT2D eigenvalue weighted by atomic mass is 35.5. The van der Waals surface area contributed by atoms with Gasteiger partial charge in [0.15, 0.2) is 0 Å². The van der Waals surface area contributed by atoms with E-state index in [1.807, 2.05) is 18.2 Å². The SMILES string of the molecule is O=C(CCc1ccncc1)NS(=O)(=O)c1ccc2c(c1)N(CC1CCC1)CC1(CCCc3cc(Cl)ccc31)CO2. The zero-order chi connectivity index (χ0) is 27.7. The van der Waals surface area contributed by atoms with E-state index in [-0.39, 0.29) is 16.7 Å². The number of carbonyl (C=O) groups excluding carboxylic acids is 1. The minimum Gasteiger partial charge on any atom is -0.490 e. The van der Waals surface area contributed by atoms with Crippen LogP contribution in [-0.4, -0.2) is 39.0 Å². The van der Waals surface area contributed by atoms with Crippen LogP contribution >= 0.6 is 11.6 Å². The van der Waals surface area contributed by atoms with Gasteiger partial charge < -0.3 is 9.64 Å². The number of fused-ring (bicyclic) bond motifs is 3. The molecule has 2 aliphatic carbocycles. The summed E-state index contributed by atoms with van der Waals surface area (Å²) in [5.74, 6) is 0.718. The van der Waals surface area contributed by atoms with Crippen molar-refractivity contribution in [1.29, 1.82) is 0 Å². The molecule has 0 radical (unpaired) electrons. The van der Waals surface area contributed by atoms with Crippen molar-refractivity contribution in [2.45, 2.75) is 61.7 Å². The number of nitrogens with one attached hydrogen (secondary N) is 1. The van der Waals surface area contributed by atoms with Crippen molar-refractivity contribution in [2.75, 3.05) is 24.6 Å². The molecule has 1 aliphatic heterocycles. The molecule has 1 fully saturated rings. The fourth-order valence-electron chi connectivity index (χ4n) is 6.32. The topological polar surface area (TPSA) is 88.6 Å². The number of rotatable bonds is 7. The summed E-state index contributed by atoms with van der Waals surface area (Å²) >= 11 is 6.35. The van der Waals surface area contributed by atoms with Crippen LogP contribution in [0.25, 0.3) is 0 Å². The van der Waals surface area contributed by atoms with Gasteiger partial charge in [-0.1, -0.05) is 24.1 Å². The zero-order valence-corrected chi connectivity index (χ0v) is 24.0. The zero-order valence-electron chi connectivity index (χ0n) is 22.4. The number of aromatic nitrogens is 1. The third-order valence-electron chi connectivity index (χ3n) is 8.66. The molecule has 1 spiro atoms. The summed E-state index contributed by atoms with van der Waals surface area (Å²) in [5, 5.41) is 0.748. The second-order valence-electron chi connectivity index (χ2n) is 11.4. The normalized spacial score (nSPS) is 20.6. The summed E-state index contributed by atoms with van der Waals surface area (Å²) in [6.07, 6.45) is 10.4. The van der Waals surface area contributed by atoms with Crippen molar-refractivity contribution in [2.24, 2.45) is 5.92 Å². The highest BCUT2D eigenvalue weighted by Crippen LogP contribution is 2.45. The Balaban J connectivity index is 1.27. The Bertz CT molecular complexity index is 1510. The second-order valence-corrected chi connectivity index (χ2v) is 13.5. The van der Waals surface area contributed by atoms with E-state index in [9.17, 15) is 13.2 Å². The van der Waals surface area contributed by atoms with Gasteiger partial charge in [0.05, 0.1) is 17.2 Å². The molecule has 1 N–H and O–H groups in total. The minimum absolute atomic E-state index is 0.0665. The molecule has 40 heavy (non-hydrogen) atoms. The van der Waals surface area contributed by atoms with Gasteiger partial charge in [0.1, 0.15) is 5.75 Å². The lowest BCUT2D eigenvalue weighted by molar-refractivity contribution is -0.119. The van der Waals surface area contributed by atoms with Gasteiger partial charge in [-0.2, -0.15) is 0 Å². The summed E-state index contributed by atoms with van der Waals surface area (Å²) in [7, 11) is -4.05. The quantitative estimate of drug-likeness (QED) is 0.401. The van der Waals surface area contributed by atoms with Gasteiger partial charge in [-0.3, -0.25) is 9.78 Å². The number of amides is 1. The molecule has 3 aromatic rings. The van der Waals surface area contributed by atoms with Crippen LogP contribution in [0.1, 0.15) is 55.2 Å². The van der Waals surface area contributed by atoms with E-state index in [2.05, 4.69) is 26.7 Å². The standard InChI is InChI=1S/C31H34ClN3O4S/c32-25-7-9-27-24(17-25)5-2-14-31(27)20-35(19-23-3-1-4-23)28-18-26(8-10-29(28)39-21-31)40(37,38)34-30(36)11-6-22-12-15-33-16-13-22/h7-10,12-13,15-18,23H,1-6,11,14,19-21H2,(H,34,36). The molecule has 0 bridgehead atoms. The van der Waals surface area contributed by atoms with E-state index in [0.717, 1.165) is 48.6 Å². The smallest absolute Gasteiger partial charge is 0.264 e. The largest absolute Gasteiger partial charge is 0.490 e. The molecule has 7 nitrogen and oxygen atoms in total. The van der Waals surface area contributed by atoms with Crippen LogP contribution in [0.5, 0.6) is 5.75 Å². The van der Waals surface area contributed by atoms with E-state index in [4.69, 9.17) is 16.3 Å². The van der Waals surface area contributed by atoms with Crippen LogP contribution < -0.4 is 14.4 Å². The maximum Gasteiger partial charge on any atom is 0.264 e. The Labute approximate surface area is 241 Å². The van der Waals surface area contributed by atoms with Crippen LogP contribution in [0.15, 0.2) is 65.8 Å². The molecule has 1 unspecified atom stereocenters. The number of ether oxygens (including phenoxy) is 1. The lowest BCUT2D eigenvalue weighted by atomic mass is 9.70. The number of aryl methyl sites for hydroxylation is 2. The Morgan fingerprint density at radius 3 is 2.70 bits per heavy atom. The Hall–Kier alpha value is -3.10. The van der Waals surface area contributed by atoms with Crippen molar-refractivity contribution >= 4 is 33.2 Å². The molecule has 3 aliphatic rings. The van der Waals surface area contributed by atoms with Gasteiger partial charge in [0, 0.05) is 42.3 Å². The Kier molecular flexibility index (Phi) is 7.48. The molecule has 6 rings (SSSR count). The number of halogens is 1. The fourth-order valence-corrected chi connectivity index (χ4v) is 7.54. The lowest BCUT2D eigenvalue weighted by Gasteiger charge is -2.42. The summed E-state index contributed by atoms with van der Waals surface area (Å²) in [6.45, 7) is 2.11. The molecular weight excluding hydrogens is 546 g/mol. The Morgan fingerprint density at radius 2 is 1.93 bits per heavy atom. The fraction of sp³-hybridized carbons (Fsp3) is 0.419. The molecule has 2 aromatic carbocycles. The number of carbonyl (C=O) groups is 1. The molecule has 0 saturated heterocycles. The van der Waals surface area contributed by atoms with Gasteiger partial charge in [-0.25, -0.2) is 13.1 Å². The van der Waals surface area contributed by atoms with Crippen molar-refractivity contribution in [3.8, 4) is 5.75 Å². The first-order valence-electron chi connectivity index (χ1n) is 14.1. The number of sulfonamides is 1. The predicted octanol–water partition coefficient (Wildman–Crippen LogP) is 5.45. The van der Waals surface area contributed by atoms with Crippen LogP contribution in [0.2, 0.25) is 5.02 Å². The monoisotopic (exact) mass is 579 g/mol. The summed E-state index contributed by atoms with van der Waals surface area (Å²) < 4.78 is 35.3. The van der Waals surface area contributed by atoms with Crippen molar-refractivity contribution in [1.82, 2.24) is 9.71 Å². The van der Waals surface area contributed by atoms with E-state index in [1.54, 1.807) is 24.5 Å². The molecule has 9 heteroatoms. The maximum atomic E-state index is 13.3. The highest BCUT2D eigenvalue weighted by Gasteiger charge is 2.42. The second kappa shape index (κ2) is 11.1. The Morgan fingerprint density at radius 1 is 1.10 bits per heavy atom. The third kappa shape index (κ3) is 5.56. The van der Waals surface area contributed by atoms with Crippen molar-refractivity contribution in [3.05, 3.63) is 82.6 Å². The average molecular weight is 580 g/mol. The number of pyridine rings is 1. The summed E-state index contributed by atoms with van der Waals surface area (Å²) in [5.41, 5.74) is 4.05. The molecule has 1 saturated carbocycles. The van der Waals surface area contributed by atoms with Crippen LogP contribution in [0, 0.1) is 5.92 Å². The van der Waals surface area contributed by atoms with Crippen LogP contribution in [-0.2, 0) is 33.1 Å². The predicted molar refractivity (Wildman–Crippen MR) is 155 cm³/mol. The van der Waals surface area contributed by atoms with Crippen LogP contribution in [0.3, 0.4) is 0 Å². The van der Waals surface area contributed by atoms with Crippen molar-refractivity contribution in [3.63, 3.8) is 0 Å². The molecule has 1 amide bonds. The maximum absolute atomic E-state index is 13.3. The van der Waals surface area contributed by atoms with E-state index in [0.29, 0.717) is 24.7 Å². The van der Waals surface area contributed by atoms with Gasteiger partial charge in [0.25, 0.3) is 10.0 Å². The van der Waals surface area contributed by atoms with E-state index in [1.165, 1.54) is 36.5 Å². The molecule has 210 valence electrons. The highest BCUT2D eigenvalue weighted by molar-refractivity contribution is 7.90. The molecule has 1 atom stereocenters. The van der Waals surface area contributed by atoms with Crippen molar-refractivity contribution < 1.29 is 17.9 Å². The van der Waals surface area contributed by atoms with Crippen LogP contribution in [0.4, 0.5) is 5.69 Å². The number of anilines is 1. The van der Waals surface area contributed by atoms with Gasteiger partial charge in [-0.05, 0) is 104 Å². The average Bonchev–Trinajstić information content (AvgIpc) is 3.07. The summed E-state index contributed by atoms with van der Waals surface area (Å²) in [4.78, 5) is 19.0. The molecule has 2 heterocycles. The number of nitrogens with zero attached hydrogens (tertiary/aromatic N) is 2. The first kappa shape index (κ1) is 27.1. The van der Waals surface area contributed by atoms with E-state index < -0.39 is 15.9 Å². The van der Waals surface area contributed by atoms with Gasteiger partial charge in [-0.15, -0.1) is 0 Å². The first-order valence-corrected chi connectivity index (χ1v) is 15.9. The lowest BCUT2D eigenvalue weighted by Crippen LogP contribution is -2.47. The molecular formula is C31H34ClN3O4S. The van der Waals surface area contributed by atoms with Gasteiger partial charge in [0.2, 0.25) is 5.91 Å². The minimum atomic E-state index is -4.05. The third-order valence-corrected chi connectivity index (χ3v) is 10.3. The first-order chi connectivity index (χ1) is 19.3. The van der Waals surface area contributed by atoms with E-state index >= 15 is 0 Å². The molecule has 1 aromatic heterocycles.